The van der Waals surface area contributed by atoms with E-state index in [-0.39, 0.29) is 24.8 Å². The first-order valence-electron chi connectivity index (χ1n) is 7.94. The molecular weight excluding hydrogens is 296 g/mol. The van der Waals surface area contributed by atoms with Crippen molar-refractivity contribution in [3.8, 4) is 0 Å². The lowest BCUT2D eigenvalue weighted by molar-refractivity contribution is -0.137. The Bertz CT molecular complexity index is 586. The molecule has 2 rings (SSSR count). The summed E-state index contributed by atoms with van der Waals surface area (Å²) in [5.74, 6) is -1.01. The van der Waals surface area contributed by atoms with Gasteiger partial charge in [0, 0.05) is 25.1 Å². The number of hydrogen-bond acceptors (Lipinski definition) is 3. The second-order valence-corrected chi connectivity index (χ2v) is 5.66. The van der Waals surface area contributed by atoms with Crippen molar-refractivity contribution in [2.75, 3.05) is 18.0 Å². The van der Waals surface area contributed by atoms with E-state index in [2.05, 4.69) is 5.32 Å². The summed E-state index contributed by atoms with van der Waals surface area (Å²) in [6, 6.07) is 7.65. The number of unbranched alkanes of at least 4 members (excludes halogenated alkanes) is 2. The van der Waals surface area contributed by atoms with Crippen LogP contribution in [0.5, 0.6) is 0 Å². The van der Waals surface area contributed by atoms with Crippen molar-refractivity contribution in [1.82, 2.24) is 5.32 Å². The van der Waals surface area contributed by atoms with E-state index in [1.165, 1.54) is 0 Å². The van der Waals surface area contributed by atoms with Gasteiger partial charge in [-0.2, -0.15) is 0 Å². The zero-order valence-electron chi connectivity index (χ0n) is 13.1. The van der Waals surface area contributed by atoms with Gasteiger partial charge in [-0.15, -0.1) is 0 Å². The lowest BCUT2D eigenvalue weighted by atomic mass is 10.0. The molecule has 1 aromatic rings. The number of nitrogens with zero attached hydrogens (tertiary/aromatic N) is 1. The Hall–Kier alpha value is -2.37. The van der Waals surface area contributed by atoms with Gasteiger partial charge in [-0.1, -0.05) is 24.6 Å². The Morgan fingerprint density at radius 3 is 2.70 bits per heavy atom. The standard InChI is InChI=1S/C17H22N2O4/c20-15(18-11-5-1-2-8-17(22)23)12-19-14-7-4-3-6-13(14)9-10-16(19)21/h3-4,6-7H,1-2,5,8-12H2,(H,18,20)(H,22,23). The summed E-state index contributed by atoms with van der Waals surface area (Å²) in [7, 11) is 0. The number of aliphatic carboxylic acids is 1. The average molecular weight is 318 g/mol. The van der Waals surface area contributed by atoms with Crippen LogP contribution in [0.15, 0.2) is 24.3 Å². The van der Waals surface area contributed by atoms with Crippen molar-refractivity contribution in [3.63, 3.8) is 0 Å². The molecule has 0 saturated carbocycles. The zero-order valence-corrected chi connectivity index (χ0v) is 13.1. The lowest BCUT2D eigenvalue weighted by Crippen LogP contribution is -2.43. The maximum Gasteiger partial charge on any atom is 0.303 e. The third-order valence-corrected chi connectivity index (χ3v) is 3.88. The van der Waals surface area contributed by atoms with Crippen LogP contribution in [0.1, 0.15) is 37.7 Å². The summed E-state index contributed by atoms with van der Waals surface area (Å²) in [5.41, 5.74) is 1.91. The molecule has 0 atom stereocenters. The molecule has 0 bridgehead atoms. The van der Waals surface area contributed by atoms with Gasteiger partial charge < -0.3 is 15.3 Å². The van der Waals surface area contributed by atoms with E-state index in [9.17, 15) is 14.4 Å². The maximum absolute atomic E-state index is 12.1. The van der Waals surface area contributed by atoms with Crippen LogP contribution in [0.3, 0.4) is 0 Å². The molecule has 124 valence electrons. The van der Waals surface area contributed by atoms with Gasteiger partial charge in [0.2, 0.25) is 11.8 Å². The van der Waals surface area contributed by atoms with Crippen molar-refractivity contribution in [1.29, 1.82) is 0 Å². The van der Waals surface area contributed by atoms with Crippen LogP contribution >= 0.6 is 0 Å². The van der Waals surface area contributed by atoms with Crippen molar-refractivity contribution in [2.45, 2.75) is 38.5 Å². The first kappa shape index (κ1) is 17.0. The minimum atomic E-state index is -0.795. The van der Waals surface area contributed by atoms with E-state index >= 15 is 0 Å². The molecule has 1 aliphatic rings. The Labute approximate surface area is 135 Å². The second kappa shape index (κ2) is 8.31. The number of benzene rings is 1. The van der Waals surface area contributed by atoms with Crippen molar-refractivity contribution in [2.24, 2.45) is 0 Å². The molecule has 1 heterocycles. The highest BCUT2D eigenvalue weighted by atomic mass is 16.4. The number of nitrogens with one attached hydrogen (secondary N) is 1. The van der Waals surface area contributed by atoms with Gasteiger partial charge in [0.1, 0.15) is 6.54 Å². The third-order valence-electron chi connectivity index (χ3n) is 3.88. The number of para-hydroxylation sites is 1. The number of anilines is 1. The average Bonchev–Trinajstić information content (AvgIpc) is 2.53. The fourth-order valence-electron chi connectivity index (χ4n) is 2.68. The molecule has 23 heavy (non-hydrogen) atoms. The highest BCUT2D eigenvalue weighted by molar-refractivity contribution is 6.00. The highest BCUT2D eigenvalue weighted by Gasteiger charge is 2.25. The minimum Gasteiger partial charge on any atom is -0.481 e. The summed E-state index contributed by atoms with van der Waals surface area (Å²) in [5, 5.41) is 11.3. The fourth-order valence-corrected chi connectivity index (χ4v) is 2.68. The van der Waals surface area contributed by atoms with Crippen LogP contribution in [0.4, 0.5) is 5.69 Å². The zero-order chi connectivity index (χ0) is 16.7. The number of carboxylic acid groups (broad SMARTS) is 1. The van der Waals surface area contributed by atoms with Gasteiger partial charge in [0.25, 0.3) is 0 Å². The Morgan fingerprint density at radius 1 is 1.13 bits per heavy atom. The van der Waals surface area contributed by atoms with Crippen LogP contribution in [0.2, 0.25) is 0 Å². The highest BCUT2D eigenvalue weighted by Crippen LogP contribution is 2.26. The number of carbonyl (C=O) groups excluding carboxylic acids is 2. The number of aryl methyl sites for hydroxylation is 1. The molecular formula is C17H22N2O4. The second-order valence-electron chi connectivity index (χ2n) is 5.66. The number of fused-ring (bicyclic) bond motifs is 1. The molecule has 0 radical (unpaired) electrons. The fraction of sp³-hybridized carbons (Fsp3) is 0.471. The Kier molecular flexibility index (Phi) is 6.14. The molecule has 0 fully saturated rings. The first-order valence-corrected chi connectivity index (χ1v) is 7.94. The van der Waals surface area contributed by atoms with Gasteiger partial charge in [0.15, 0.2) is 0 Å². The van der Waals surface area contributed by atoms with Crippen LogP contribution in [0, 0.1) is 0 Å². The van der Waals surface area contributed by atoms with Crippen molar-refractivity contribution in [3.05, 3.63) is 29.8 Å². The minimum absolute atomic E-state index is 0.0275. The van der Waals surface area contributed by atoms with Gasteiger partial charge >= 0.3 is 5.97 Å². The quantitative estimate of drug-likeness (QED) is 0.715. The van der Waals surface area contributed by atoms with Crippen molar-refractivity contribution < 1.29 is 19.5 Å². The topological polar surface area (TPSA) is 86.7 Å². The van der Waals surface area contributed by atoms with Gasteiger partial charge in [-0.05, 0) is 30.9 Å². The van der Waals surface area contributed by atoms with E-state index < -0.39 is 5.97 Å². The number of amides is 2. The molecule has 2 amide bonds. The molecule has 0 aliphatic carbocycles. The monoisotopic (exact) mass is 318 g/mol. The molecule has 0 aromatic heterocycles. The predicted molar refractivity (Wildman–Crippen MR) is 86.2 cm³/mol. The summed E-state index contributed by atoms with van der Waals surface area (Å²) in [4.78, 5) is 36.0. The molecule has 6 heteroatoms. The molecule has 0 saturated heterocycles. The van der Waals surface area contributed by atoms with Crippen LogP contribution in [-0.4, -0.2) is 36.0 Å². The van der Waals surface area contributed by atoms with E-state index in [4.69, 9.17) is 5.11 Å². The van der Waals surface area contributed by atoms with Crippen LogP contribution < -0.4 is 10.2 Å². The normalized spacial score (nSPS) is 13.6. The molecule has 0 spiro atoms. The summed E-state index contributed by atoms with van der Waals surface area (Å²) < 4.78 is 0. The number of hydrogen-bond donors (Lipinski definition) is 2. The maximum atomic E-state index is 12.1. The Balaban J connectivity index is 1.77. The first-order chi connectivity index (χ1) is 11.1. The van der Waals surface area contributed by atoms with E-state index in [1.54, 1.807) is 4.90 Å². The van der Waals surface area contributed by atoms with E-state index in [0.29, 0.717) is 19.4 Å². The SMILES string of the molecule is O=C(O)CCCCCNC(=O)CN1C(=O)CCc2ccccc21. The van der Waals surface area contributed by atoms with E-state index in [0.717, 1.165) is 30.5 Å². The molecule has 0 unspecified atom stereocenters. The number of rotatable bonds is 8. The molecule has 1 aromatic carbocycles. The molecule has 2 N–H and O–H groups in total. The number of carbonyl (C=O) groups is 3. The van der Waals surface area contributed by atoms with Gasteiger partial charge in [-0.25, -0.2) is 0 Å². The molecule has 6 nitrogen and oxygen atoms in total. The third kappa shape index (κ3) is 5.09. The largest absolute Gasteiger partial charge is 0.481 e. The van der Waals surface area contributed by atoms with Gasteiger partial charge in [-0.3, -0.25) is 14.4 Å². The lowest BCUT2D eigenvalue weighted by Gasteiger charge is -2.28. The van der Waals surface area contributed by atoms with Crippen LogP contribution in [0.25, 0.3) is 0 Å². The van der Waals surface area contributed by atoms with Crippen molar-refractivity contribution >= 4 is 23.5 Å². The smallest absolute Gasteiger partial charge is 0.303 e. The summed E-state index contributed by atoms with van der Waals surface area (Å²) in [6.07, 6.45) is 3.42. The molecule has 1 aliphatic heterocycles. The number of carboxylic acids is 1. The Morgan fingerprint density at radius 2 is 1.91 bits per heavy atom. The van der Waals surface area contributed by atoms with Crippen LogP contribution in [-0.2, 0) is 20.8 Å². The van der Waals surface area contributed by atoms with Gasteiger partial charge in [0.05, 0.1) is 0 Å². The predicted octanol–water partition coefficient (Wildman–Crippen LogP) is 1.73. The van der Waals surface area contributed by atoms with E-state index in [1.807, 2.05) is 24.3 Å². The summed E-state index contributed by atoms with van der Waals surface area (Å²) >= 11 is 0. The summed E-state index contributed by atoms with van der Waals surface area (Å²) in [6.45, 7) is 0.535.